The predicted octanol–water partition coefficient (Wildman–Crippen LogP) is 5.08. The molecule has 0 amide bonds. The third kappa shape index (κ3) is 6.40. The minimum atomic E-state index is -5.08. The number of halogens is 6. The molecule has 8 nitrogen and oxygen atoms in total. The SMILES string of the molecule is C[C@@H]1C[C@H]1Nc1nc2cnncc2nc1N1CCC([C@@H](F)c2ccc(F)cc2F)CC1.O=C(O)C(F)(F)F. The Hall–Kier alpha value is -3.71. The van der Waals surface area contributed by atoms with Crippen molar-refractivity contribution in [2.45, 2.75) is 44.6 Å². The van der Waals surface area contributed by atoms with Crippen LogP contribution in [0.25, 0.3) is 11.0 Å². The van der Waals surface area contributed by atoms with Crippen LogP contribution < -0.4 is 10.2 Å². The van der Waals surface area contributed by atoms with Gasteiger partial charge < -0.3 is 15.3 Å². The largest absolute Gasteiger partial charge is 0.490 e. The maximum atomic E-state index is 15.0. The topological polar surface area (TPSA) is 104 Å². The van der Waals surface area contributed by atoms with Gasteiger partial charge in [0.1, 0.15) is 28.8 Å². The maximum absolute atomic E-state index is 15.0. The lowest BCUT2D eigenvalue weighted by Crippen LogP contribution is -2.36. The Morgan fingerprint density at radius 1 is 1.11 bits per heavy atom. The van der Waals surface area contributed by atoms with Crippen LogP contribution in [0.1, 0.15) is 37.9 Å². The van der Waals surface area contributed by atoms with Crippen molar-refractivity contribution in [2.75, 3.05) is 23.3 Å². The number of anilines is 2. The summed E-state index contributed by atoms with van der Waals surface area (Å²) >= 11 is 0. The van der Waals surface area contributed by atoms with Gasteiger partial charge in [-0.1, -0.05) is 13.0 Å². The van der Waals surface area contributed by atoms with E-state index in [0.717, 1.165) is 24.4 Å². The summed E-state index contributed by atoms with van der Waals surface area (Å²) < 4.78 is 73.9. The van der Waals surface area contributed by atoms with Crippen LogP contribution in [0.3, 0.4) is 0 Å². The lowest BCUT2D eigenvalue weighted by Gasteiger charge is -2.35. The minimum Gasteiger partial charge on any atom is -0.475 e. The Bertz CT molecular complexity index is 1300. The average Bonchev–Trinajstić information content (AvgIpc) is 3.57. The monoisotopic (exact) mass is 542 g/mol. The van der Waals surface area contributed by atoms with Crippen molar-refractivity contribution in [3.8, 4) is 0 Å². The fourth-order valence-corrected chi connectivity index (χ4v) is 4.22. The molecule has 1 aliphatic heterocycles. The van der Waals surface area contributed by atoms with Gasteiger partial charge in [-0.25, -0.2) is 27.9 Å². The van der Waals surface area contributed by atoms with E-state index in [1.54, 1.807) is 12.4 Å². The highest BCUT2D eigenvalue weighted by molar-refractivity contribution is 5.79. The van der Waals surface area contributed by atoms with Crippen molar-refractivity contribution in [3.05, 3.63) is 47.8 Å². The molecule has 2 N–H and O–H groups in total. The van der Waals surface area contributed by atoms with E-state index in [1.165, 1.54) is 6.07 Å². The third-order valence-electron chi connectivity index (χ3n) is 6.55. The summed E-state index contributed by atoms with van der Waals surface area (Å²) in [7, 11) is 0. The highest BCUT2D eigenvalue weighted by atomic mass is 19.4. The van der Waals surface area contributed by atoms with Crippen molar-refractivity contribution in [2.24, 2.45) is 11.8 Å². The number of nitrogens with zero attached hydrogens (tertiary/aromatic N) is 5. The van der Waals surface area contributed by atoms with Crippen molar-refractivity contribution in [3.63, 3.8) is 0 Å². The first-order valence-electron chi connectivity index (χ1n) is 11.8. The Kier molecular flexibility index (Phi) is 7.88. The number of piperidine rings is 1. The molecule has 3 heterocycles. The van der Waals surface area contributed by atoms with Gasteiger partial charge in [-0.05, 0) is 37.2 Å². The lowest BCUT2D eigenvalue weighted by molar-refractivity contribution is -0.192. The molecule has 1 saturated heterocycles. The van der Waals surface area contributed by atoms with Crippen LogP contribution in [0.5, 0.6) is 0 Å². The molecule has 1 saturated carbocycles. The van der Waals surface area contributed by atoms with E-state index in [0.29, 0.717) is 54.7 Å². The molecule has 2 aromatic heterocycles. The van der Waals surface area contributed by atoms with Gasteiger partial charge in [-0.3, -0.25) is 0 Å². The minimum absolute atomic E-state index is 0.0750. The molecule has 0 radical (unpaired) electrons. The third-order valence-corrected chi connectivity index (χ3v) is 6.55. The number of alkyl halides is 4. The molecule has 38 heavy (non-hydrogen) atoms. The van der Waals surface area contributed by atoms with Crippen LogP contribution in [-0.2, 0) is 4.79 Å². The van der Waals surface area contributed by atoms with Crippen molar-refractivity contribution >= 4 is 28.6 Å². The van der Waals surface area contributed by atoms with Crippen molar-refractivity contribution in [1.82, 2.24) is 20.2 Å². The number of aliphatic carboxylic acids is 1. The van der Waals surface area contributed by atoms with E-state index in [-0.39, 0.29) is 11.5 Å². The predicted molar refractivity (Wildman–Crippen MR) is 125 cm³/mol. The lowest BCUT2D eigenvalue weighted by atomic mass is 9.88. The van der Waals surface area contributed by atoms with Crippen LogP contribution in [0, 0.1) is 23.5 Å². The van der Waals surface area contributed by atoms with Crippen LogP contribution in [0.4, 0.5) is 38.0 Å². The Morgan fingerprint density at radius 2 is 1.68 bits per heavy atom. The van der Waals surface area contributed by atoms with Gasteiger partial charge in [0.25, 0.3) is 0 Å². The molecule has 2 aliphatic rings. The number of fused-ring (bicyclic) bond motifs is 1. The van der Waals surface area contributed by atoms with Gasteiger partial charge in [0.2, 0.25) is 0 Å². The quantitative estimate of drug-likeness (QED) is 0.431. The van der Waals surface area contributed by atoms with E-state index >= 15 is 4.39 Å². The number of hydrogen-bond donors (Lipinski definition) is 2. The normalized spacial score (nSPS) is 20.4. The first-order chi connectivity index (χ1) is 17.9. The van der Waals surface area contributed by atoms with Crippen molar-refractivity contribution in [1.29, 1.82) is 0 Å². The number of carboxylic acid groups (broad SMARTS) is 1. The second-order valence-electron chi connectivity index (χ2n) is 9.31. The average molecular weight is 542 g/mol. The molecule has 204 valence electrons. The smallest absolute Gasteiger partial charge is 0.475 e. The van der Waals surface area contributed by atoms with E-state index < -0.39 is 30.0 Å². The molecule has 3 atom stereocenters. The second kappa shape index (κ2) is 11.0. The first kappa shape index (κ1) is 27.3. The number of rotatable bonds is 5. The highest BCUT2D eigenvalue weighted by Crippen LogP contribution is 2.39. The number of carbonyl (C=O) groups is 1. The van der Waals surface area contributed by atoms with E-state index in [4.69, 9.17) is 19.9 Å². The standard InChI is InChI=1S/C22H23F3N6.C2HF3O2/c1-12-8-17(12)28-21-22(30-19-11-27-26-10-18(19)29-21)31-6-4-13(5-7-31)20(25)15-3-2-14(23)9-16(15)24;3-2(4,5)1(6)7/h2-3,9-13,17,20H,4-8H2,1H3,(H,28,29);(H,6,7)/t12-,17-,20-;/m1./s1. The van der Waals surface area contributed by atoms with E-state index in [1.807, 2.05) is 0 Å². The maximum Gasteiger partial charge on any atom is 0.490 e. The van der Waals surface area contributed by atoms with E-state index in [9.17, 15) is 22.0 Å². The van der Waals surface area contributed by atoms with Gasteiger partial charge >= 0.3 is 12.1 Å². The van der Waals surface area contributed by atoms with Gasteiger partial charge in [-0.2, -0.15) is 23.4 Å². The zero-order valence-electron chi connectivity index (χ0n) is 20.1. The summed E-state index contributed by atoms with van der Waals surface area (Å²) in [6, 6.07) is 3.41. The number of hydrogen-bond acceptors (Lipinski definition) is 7. The van der Waals surface area contributed by atoms with Crippen LogP contribution in [-0.4, -0.2) is 56.5 Å². The summed E-state index contributed by atoms with van der Waals surface area (Å²) in [6.07, 6.45) is -1.23. The zero-order valence-corrected chi connectivity index (χ0v) is 20.1. The fraction of sp³-hybridized carbons (Fsp3) is 0.458. The molecule has 3 aromatic rings. The number of carboxylic acids is 1. The van der Waals surface area contributed by atoms with Crippen molar-refractivity contribution < 1.29 is 36.2 Å². The summed E-state index contributed by atoms with van der Waals surface area (Å²) in [6.45, 7) is 3.32. The fourth-order valence-electron chi connectivity index (χ4n) is 4.22. The summed E-state index contributed by atoms with van der Waals surface area (Å²) in [5, 5.41) is 18.4. The molecule has 0 unspecified atom stereocenters. The van der Waals surface area contributed by atoms with E-state index in [2.05, 4.69) is 27.3 Å². The molecular formula is C24H24F6N6O2. The molecule has 14 heteroatoms. The van der Waals surface area contributed by atoms with Crippen LogP contribution in [0.15, 0.2) is 30.6 Å². The second-order valence-corrected chi connectivity index (χ2v) is 9.31. The Balaban J connectivity index is 0.000000426. The van der Waals surface area contributed by atoms with Crippen LogP contribution >= 0.6 is 0 Å². The van der Waals surface area contributed by atoms with Gasteiger partial charge in [0.15, 0.2) is 11.6 Å². The number of nitrogens with one attached hydrogen (secondary N) is 1. The summed E-state index contributed by atoms with van der Waals surface area (Å²) in [5.74, 6) is -2.61. The van der Waals surface area contributed by atoms with Gasteiger partial charge in [0.05, 0.1) is 12.4 Å². The molecule has 2 fully saturated rings. The molecule has 5 rings (SSSR count). The van der Waals surface area contributed by atoms with Gasteiger partial charge in [0, 0.05) is 30.8 Å². The molecule has 1 aromatic carbocycles. The van der Waals surface area contributed by atoms with Gasteiger partial charge in [-0.15, -0.1) is 0 Å². The zero-order chi connectivity index (χ0) is 27.6. The van der Waals surface area contributed by atoms with Crippen LogP contribution in [0.2, 0.25) is 0 Å². The number of benzene rings is 1. The summed E-state index contributed by atoms with van der Waals surface area (Å²) in [5.41, 5.74) is 1.24. The number of aromatic nitrogens is 4. The molecule has 0 spiro atoms. The summed E-state index contributed by atoms with van der Waals surface area (Å²) in [4.78, 5) is 20.5. The molecule has 0 bridgehead atoms. The molecule has 1 aliphatic carbocycles. The highest BCUT2D eigenvalue weighted by Gasteiger charge is 2.38. The first-order valence-corrected chi connectivity index (χ1v) is 11.8. The Labute approximate surface area is 213 Å². The Morgan fingerprint density at radius 3 is 2.21 bits per heavy atom. The molecular weight excluding hydrogens is 518 g/mol.